The highest BCUT2D eigenvalue weighted by atomic mass is 32.2. The van der Waals surface area contributed by atoms with Crippen molar-refractivity contribution in [3.8, 4) is 11.4 Å². The quantitative estimate of drug-likeness (QED) is 0.182. The molecule has 0 unspecified atom stereocenters. The van der Waals surface area contributed by atoms with Crippen LogP contribution in [0.5, 0.6) is 0 Å². The van der Waals surface area contributed by atoms with E-state index in [9.17, 15) is 14.9 Å². The van der Waals surface area contributed by atoms with Crippen molar-refractivity contribution in [2.24, 2.45) is 0 Å². The minimum Gasteiger partial charge on any atom is -0.467 e. The first-order chi connectivity index (χ1) is 14.6. The van der Waals surface area contributed by atoms with E-state index in [0.29, 0.717) is 23.1 Å². The van der Waals surface area contributed by atoms with Gasteiger partial charge in [-0.3, -0.25) is 24.5 Å². The summed E-state index contributed by atoms with van der Waals surface area (Å²) in [4.78, 5) is 26.8. The third kappa shape index (κ3) is 4.28. The van der Waals surface area contributed by atoms with E-state index in [-0.39, 0.29) is 17.2 Å². The predicted octanol–water partition coefficient (Wildman–Crippen LogP) is 3.86. The van der Waals surface area contributed by atoms with Gasteiger partial charge in [0.25, 0.3) is 5.69 Å². The van der Waals surface area contributed by atoms with E-state index < -0.39 is 4.92 Å². The van der Waals surface area contributed by atoms with Crippen molar-refractivity contribution in [3.05, 3.63) is 88.6 Å². The molecule has 30 heavy (non-hydrogen) atoms. The van der Waals surface area contributed by atoms with E-state index in [0.717, 1.165) is 11.3 Å². The van der Waals surface area contributed by atoms with E-state index in [1.54, 1.807) is 24.7 Å². The number of aromatic nitrogens is 4. The number of benzene rings is 1. The topological polar surface area (TPSA) is 117 Å². The number of nitro groups is 1. The molecule has 0 aliphatic heterocycles. The van der Waals surface area contributed by atoms with Crippen molar-refractivity contribution in [1.29, 1.82) is 0 Å². The second kappa shape index (κ2) is 8.70. The number of furan rings is 1. The highest BCUT2D eigenvalue weighted by Crippen LogP contribution is 2.26. The van der Waals surface area contributed by atoms with Gasteiger partial charge in [-0.05, 0) is 36.4 Å². The van der Waals surface area contributed by atoms with E-state index in [1.807, 2.05) is 22.8 Å². The first-order valence-corrected chi connectivity index (χ1v) is 9.87. The molecule has 0 saturated carbocycles. The normalized spacial score (nSPS) is 10.8. The monoisotopic (exact) mass is 421 g/mol. The molecular weight excluding hydrogens is 406 g/mol. The Labute approximate surface area is 174 Å². The molecule has 0 amide bonds. The number of nitrogens with zero attached hydrogens (tertiary/aromatic N) is 5. The van der Waals surface area contributed by atoms with Gasteiger partial charge < -0.3 is 4.42 Å². The molecular formula is C20H15N5O4S. The summed E-state index contributed by atoms with van der Waals surface area (Å²) >= 11 is 1.25. The van der Waals surface area contributed by atoms with Crippen molar-refractivity contribution in [2.45, 2.75) is 11.7 Å². The Hall–Kier alpha value is -3.79. The number of carbonyl (C=O) groups excluding carboxylic acids is 1. The fourth-order valence-corrected chi connectivity index (χ4v) is 3.63. The number of hydrogen-bond donors (Lipinski definition) is 0. The molecule has 4 aromatic rings. The summed E-state index contributed by atoms with van der Waals surface area (Å²) in [5, 5.41) is 19.9. The van der Waals surface area contributed by atoms with Crippen LogP contribution in [0.1, 0.15) is 16.1 Å². The zero-order valence-corrected chi connectivity index (χ0v) is 16.4. The molecule has 0 aliphatic carbocycles. The molecule has 3 heterocycles. The van der Waals surface area contributed by atoms with Gasteiger partial charge in [0.05, 0.1) is 23.5 Å². The van der Waals surface area contributed by atoms with Gasteiger partial charge >= 0.3 is 0 Å². The average Bonchev–Trinajstić information content (AvgIpc) is 3.43. The molecule has 0 aliphatic rings. The average molecular weight is 421 g/mol. The Morgan fingerprint density at radius 3 is 2.53 bits per heavy atom. The molecule has 150 valence electrons. The summed E-state index contributed by atoms with van der Waals surface area (Å²) in [5.74, 6) is 1.32. The summed E-state index contributed by atoms with van der Waals surface area (Å²) in [7, 11) is 0. The molecule has 4 rings (SSSR count). The van der Waals surface area contributed by atoms with Crippen LogP contribution >= 0.6 is 11.8 Å². The number of hydrogen-bond acceptors (Lipinski definition) is 8. The molecule has 0 saturated heterocycles. The molecule has 9 nitrogen and oxygen atoms in total. The summed E-state index contributed by atoms with van der Waals surface area (Å²) in [6, 6.07) is 12.9. The molecule has 0 bridgehead atoms. The maximum atomic E-state index is 12.5. The minimum absolute atomic E-state index is 0.0561. The van der Waals surface area contributed by atoms with Gasteiger partial charge in [-0.2, -0.15) is 0 Å². The molecule has 0 N–H and O–H groups in total. The van der Waals surface area contributed by atoms with Gasteiger partial charge in [-0.15, -0.1) is 10.2 Å². The molecule has 0 radical (unpaired) electrons. The summed E-state index contributed by atoms with van der Waals surface area (Å²) < 4.78 is 7.34. The fourth-order valence-electron chi connectivity index (χ4n) is 2.79. The smallest absolute Gasteiger partial charge is 0.269 e. The lowest BCUT2D eigenvalue weighted by molar-refractivity contribution is -0.384. The minimum atomic E-state index is -0.499. The summed E-state index contributed by atoms with van der Waals surface area (Å²) in [6.07, 6.45) is 4.94. The molecule has 0 spiro atoms. The third-order valence-electron chi connectivity index (χ3n) is 4.28. The van der Waals surface area contributed by atoms with Crippen LogP contribution in [0.3, 0.4) is 0 Å². The van der Waals surface area contributed by atoms with E-state index >= 15 is 0 Å². The molecule has 0 atom stereocenters. The standard InChI is InChI=1S/C20H15N5O4S/c26-18(14-3-5-16(6-4-14)25(27)28)13-30-20-23-22-19(15-7-9-21-10-8-15)24(20)12-17-2-1-11-29-17/h1-11H,12-13H2. The number of ketones is 1. The second-order valence-electron chi connectivity index (χ2n) is 6.22. The molecule has 0 fully saturated rings. The Kier molecular flexibility index (Phi) is 5.66. The summed E-state index contributed by atoms with van der Waals surface area (Å²) in [6.45, 7) is 0.408. The van der Waals surface area contributed by atoms with Crippen LogP contribution in [0, 0.1) is 10.1 Å². The van der Waals surface area contributed by atoms with Crippen molar-refractivity contribution in [1.82, 2.24) is 19.7 Å². The van der Waals surface area contributed by atoms with Crippen LogP contribution in [0.25, 0.3) is 11.4 Å². The van der Waals surface area contributed by atoms with Gasteiger partial charge in [-0.25, -0.2) is 0 Å². The lowest BCUT2D eigenvalue weighted by Gasteiger charge is -2.08. The van der Waals surface area contributed by atoms with Gasteiger partial charge in [0.15, 0.2) is 16.8 Å². The van der Waals surface area contributed by atoms with Crippen LogP contribution in [-0.2, 0) is 6.54 Å². The first-order valence-electron chi connectivity index (χ1n) is 8.88. The second-order valence-corrected chi connectivity index (χ2v) is 7.17. The first kappa shape index (κ1) is 19.5. The lowest BCUT2D eigenvalue weighted by atomic mass is 10.1. The molecule has 1 aromatic carbocycles. The number of thioether (sulfide) groups is 1. The number of carbonyl (C=O) groups is 1. The van der Waals surface area contributed by atoms with E-state index in [1.165, 1.54) is 36.0 Å². The third-order valence-corrected chi connectivity index (χ3v) is 5.25. The Morgan fingerprint density at radius 1 is 1.10 bits per heavy atom. The zero-order chi connectivity index (χ0) is 20.9. The van der Waals surface area contributed by atoms with Crippen LogP contribution in [0.2, 0.25) is 0 Å². The molecule has 10 heteroatoms. The summed E-state index contributed by atoms with van der Waals surface area (Å²) in [5.41, 5.74) is 1.19. The highest BCUT2D eigenvalue weighted by molar-refractivity contribution is 7.99. The van der Waals surface area contributed by atoms with Gasteiger partial charge in [0.2, 0.25) is 0 Å². The van der Waals surface area contributed by atoms with Crippen LogP contribution in [-0.4, -0.2) is 36.2 Å². The largest absolute Gasteiger partial charge is 0.467 e. The Bertz CT molecular complexity index is 1160. The van der Waals surface area contributed by atoms with Crippen LogP contribution in [0.4, 0.5) is 5.69 Å². The highest BCUT2D eigenvalue weighted by Gasteiger charge is 2.18. The number of pyridine rings is 1. The number of rotatable bonds is 8. The van der Waals surface area contributed by atoms with Crippen molar-refractivity contribution >= 4 is 23.2 Å². The maximum absolute atomic E-state index is 12.5. The van der Waals surface area contributed by atoms with Gasteiger partial charge in [-0.1, -0.05) is 11.8 Å². The Morgan fingerprint density at radius 2 is 1.87 bits per heavy atom. The van der Waals surface area contributed by atoms with Crippen molar-refractivity contribution < 1.29 is 14.1 Å². The number of nitro benzene ring substituents is 1. The number of Topliss-reactive ketones (excluding diaryl/α,β-unsaturated/α-hetero) is 1. The van der Waals surface area contributed by atoms with Gasteiger partial charge in [0, 0.05) is 35.7 Å². The van der Waals surface area contributed by atoms with Crippen molar-refractivity contribution in [3.63, 3.8) is 0 Å². The van der Waals surface area contributed by atoms with Crippen molar-refractivity contribution in [2.75, 3.05) is 5.75 Å². The number of non-ortho nitro benzene ring substituents is 1. The lowest BCUT2D eigenvalue weighted by Crippen LogP contribution is -2.07. The fraction of sp³-hybridized carbons (Fsp3) is 0.100. The van der Waals surface area contributed by atoms with E-state index in [4.69, 9.17) is 4.42 Å². The SMILES string of the molecule is O=C(CSc1nnc(-c2ccncc2)n1Cc1ccco1)c1ccc([N+](=O)[O-])cc1. The Balaban J connectivity index is 1.55. The predicted molar refractivity (Wildman–Crippen MR) is 109 cm³/mol. The maximum Gasteiger partial charge on any atom is 0.269 e. The molecule has 3 aromatic heterocycles. The zero-order valence-electron chi connectivity index (χ0n) is 15.5. The van der Waals surface area contributed by atoms with Crippen LogP contribution in [0.15, 0.2) is 76.8 Å². The van der Waals surface area contributed by atoms with E-state index in [2.05, 4.69) is 15.2 Å². The van der Waals surface area contributed by atoms with Crippen LogP contribution < -0.4 is 0 Å². The van der Waals surface area contributed by atoms with Gasteiger partial charge in [0.1, 0.15) is 5.76 Å².